The third kappa shape index (κ3) is 10.4. The Labute approximate surface area is 209 Å². The molecule has 36 heavy (non-hydrogen) atoms. The number of nitrogens with zero attached hydrogens (tertiary/aromatic N) is 1. The van der Waals surface area contributed by atoms with E-state index in [4.69, 9.17) is 11.5 Å². The monoisotopic (exact) mass is 511 g/mol. The van der Waals surface area contributed by atoms with Crippen molar-refractivity contribution in [2.75, 3.05) is 6.54 Å². The highest BCUT2D eigenvalue weighted by atomic mass is 16.4. The Kier molecular flexibility index (Phi) is 13.1. The van der Waals surface area contributed by atoms with Crippen molar-refractivity contribution in [3.05, 3.63) is 18.2 Å². The fraction of sp³-hybridized carbons (Fsp3) is 0.636. The molecule has 0 aliphatic carbocycles. The van der Waals surface area contributed by atoms with Crippen molar-refractivity contribution in [3.63, 3.8) is 0 Å². The molecule has 1 aromatic rings. The van der Waals surface area contributed by atoms with Crippen LogP contribution in [0.3, 0.4) is 0 Å². The SMILES string of the molecule is CCC(C)C(NC(=O)C(N)Cc1cnc[nH]1)C(=O)NC(CC(=O)O)C(=O)NC(CCCCN)C(=O)O. The molecule has 0 spiro atoms. The number of aliphatic carboxylic acids is 2. The summed E-state index contributed by atoms with van der Waals surface area (Å²) in [6.07, 6.45) is 3.87. The van der Waals surface area contributed by atoms with Gasteiger partial charge in [0.15, 0.2) is 0 Å². The summed E-state index contributed by atoms with van der Waals surface area (Å²) in [6.45, 7) is 3.85. The molecule has 14 nitrogen and oxygen atoms in total. The predicted molar refractivity (Wildman–Crippen MR) is 128 cm³/mol. The van der Waals surface area contributed by atoms with Gasteiger partial charge >= 0.3 is 11.9 Å². The van der Waals surface area contributed by atoms with E-state index in [-0.39, 0.29) is 18.8 Å². The van der Waals surface area contributed by atoms with Crippen LogP contribution in [0.25, 0.3) is 0 Å². The number of unbranched alkanes of at least 4 members (excludes halogenated alkanes) is 1. The standard InChI is InChI=1S/C22H37N7O7/c1-3-12(2)18(29-19(32)14(24)8-13-10-25-11-26-13)21(34)28-16(9-17(30)31)20(33)27-15(22(35)36)6-4-5-7-23/h10-12,14-16,18H,3-9,23-24H2,1-2H3,(H,25,26)(H,27,33)(H,28,34)(H,29,32)(H,30,31)(H,35,36). The lowest BCUT2D eigenvalue weighted by molar-refractivity contribution is -0.144. The molecular formula is C22H37N7O7. The van der Waals surface area contributed by atoms with E-state index < -0.39 is 60.2 Å². The molecule has 1 rings (SSSR count). The van der Waals surface area contributed by atoms with Crippen molar-refractivity contribution in [3.8, 4) is 0 Å². The largest absolute Gasteiger partial charge is 0.481 e. The van der Waals surface area contributed by atoms with Gasteiger partial charge in [-0.3, -0.25) is 19.2 Å². The van der Waals surface area contributed by atoms with E-state index in [1.165, 1.54) is 12.5 Å². The zero-order valence-corrected chi connectivity index (χ0v) is 20.5. The van der Waals surface area contributed by atoms with Gasteiger partial charge in [-0.1, -0.05) is 20.3 Å². The van der Waals surface area contributed by atoms with Gasteiger partial charge in [-0.25, -0.2) is 9.78 Å². The molecule has 10 N–H and O–H groups in total. The molecule has 1 heterocycles. The summed E-state index contributed by atoms with van der Waals surface area (Å²) >= 11 is 0. The van der Waals surface area contributed by atoms with Gasteiger partial charge < -0.3 is 42.6 Å². The second-order valence-electron chi connectivity index (χ2n) is 8.60. The number of hydrogen-bond acceptors (Lipinski definition) is 8. The fourth-order valence-electron chi connectivity index (χ4n) is 3.36. The van der Waals surface area contributed by atoms with Crippen LogP contribution in [0.4, 0.5) is 0 Å². The number of carboxylic acid groups (broad SMARTS) is 2. The molecule has 0 aliphatic rings. The second-order valence-corrected chi connectivity index (χ2v) is 8.60. The van der Waals surface area contributed by atoms with Crippen LogP contribution in [0.15, 0.2) is 12.5 Å². The topological polar surface area (TPSA) is 243 Å². The van der Waals surface area contributed by atoms with Gasteiger partial charge in [0.25, 0.3) is 0 Å². The maximum Gasteiger partial charge on any atom is 0.326 e. The molecule has 202 valence electrons. The first-order valence-corrected chi connectivity index (χ1v) is 11.8. The first-order chi connectivity index (χ1) is 17.0. The molecule has 1 aromatic heterocycles. The van der Waals surface area contributed by atoms with Gasteiger partial charge in [-0.2, -0.15) is 0 Å². The Balaban J connectivity index is 2.95. The average molecular weight is 512 g/mol. The molecule has 0 bridgehead atoms. The van der Waals surface area contributed by atoms with Gasteiger partial charge in [0.05, 0.1) is 18.8 Å². The number of carboxylic acids is 2. The van der Waals surface area contributed by atoms with Crippen LogP contribution in [-0.2, 0) is 30.4 Å². The number of rotatable bonds is 17. The highest BCUT2D eigenvalue weighted by Crippen LogP contribution is 2.10. The Hall–Kier alpha value is -3.52. The summed E-state index contributed by atoms with van der Waals surface area (Å²) < 4.78 is 0. The van der Waals surface area contributed by atoms with Crippen LogP contribution in [0.1, 0.15) is 51.6 Å². The van der Waals surface area contributed by atoms with Crippen LogP contribution < -0.4 is 27.4 Å². The molecule has 5 atom stereocenters. The Morgan fingerprint density at radius 3 is 2.22 bits per heavy atom. The van der Waals surface area contributed by atoms with Crippen LogP contribution in [0.5, 0.6) is 0 Å². The summed E-state index contributed by atoms with van der Waals surface area (Å²) in [5.41, 5.74) is 12.0. The molecule has 14 heteroatoms. The smallest absolute Gasteiger partial charge is 0.326 e. The molecular weight excluding hydrogens is 474 g/mol. The third-order valence-corrected chi connectivity index (χ3v) is 5.70. The summed E-state index contributed by atoms with van der Waals surface area (Å²) in [5.74, 6) is -5.42. The minimum atomic E-state index is -1.56. The number of nitrogens with one attached hydrogen (secondary N) is 4. The molecule has 0 saturated carbocycles. The number of nitrogens with two attached hydrogens (primary N) is 2. The average Bonchev–Trinajstić information content (AvgIpc) is 3.33. The first-order valence-electron chi connectivity index (χ1n) is 11.8. The minimum Gasteiger partial charge on any atom is -0.481 e. The molecule has 3 amide bonds. The highest BCUT2D eigenvalue weighted by Gasteiger charge is 2.33. The summed E-state index contributed by atoms with van der Waals surface area (Å²) in [4.78, 5) is 68.0. The van der Waals surface area contributed by atoms with Crippen LogP contribution >= 0.6 is 0 Å². The van der Waals surface area contributed by atoms with Crippen LogP contribution in [0, 0.1) is 5.92 Å². The Morgan fingerprint density at radius 1 is 1.03 bits per heavy atom. The molecule has 0 radical (unpaired) electrons. The lowest BCUT2D eigenvalue weighted by Gasteiger charge is -2.27. The second kappa shape index (κ2) is 15.5. The quantitative estimate of drug-likeness (QED) is 0.112. The number of H-pyrrole nitrogens is 1. The third-order valence-electron chi connectivity index (χ3n) is 5.70. The van der Waals surface area contributed by atoms with E-state index in [1.807, 2.05) is 0 Å². The van der Waals surface area contributed by atoms with E-state index >= 15 is 0 Å². The number of carbonyl (C=O) groups excluding carboxylic acids is 3. The van der Waals surface area contributed by atoms with Crippen molar-refractivity contribution in [1.29, 1.82) is 0 Å². The number of hydrogen-bond donors (Lipinski definition) is 8. The number of amides is 3. The highest BCUT2D eigenvalue weighted by molar-refractivity contribution is 5.95. The Morgan fingerprint density at radius 2 is 1.69 bits per heavy atom. The van der Waals surface area contributed by atoms with Gasteiger partial charge in [0.1, 0.15) is 18.1 Å². The molecule has 0 aliphatic heterocycles. The van der Waals surface area contributed by atoms with Gasteiger partial charge in [-0.05, 0) is 31.7 Å². The number of aromatic nitrogens is 2. The fourth-order valence-corrected chi connectivity index (χ4v) is 3.36. The minimum absolute atomic E-state index is 0.0891. The lowest BCUT2D eigenvalue weighted by atomic mass is 9.97. The van der Waals surface area contributed by atoms with E-state index in [0.717, 1.165) is 0 Å². The van der Waals surface area contributed by atoms with E-state index in [2.05, 4.69) is 25.9 Å². The van der Waals surface area contributed by atoms with Crippen molar-refractivity contribution in [2.45, 2.75) is 76.5 Å². The van der Waals surface area contributed by atoms with Crippen molar-refractivity contribution in [1.82, 2.24) is 25.9 Å². The molecule has 0 fully saturated rings. The van der Waals surface area contributed by atoms with Gasteiger partial charge in [-0.15, -0.1) is 0 Å². The lowest BCUT2D eigenvalue weighted by Crippen LogP contribution is -2.59. The summed E-state index contributed by atoms with van der Waals surface area (Å²) in [5, 5.41) is 25.8. The summed E-state index contributed by atoms with van der Waals surface area (Å²) in [7, 11) is 0. The zero-order chi connectivity index (χ0) is 27.3. The summed E-state index contributed by atoms with van der Waals surface area (Å²) in [6, 6.07) is -4.94. The number of imidazole rings is 1. The van der Waals surface area contributed by atoms with Crippen molar-refractivity contribution >= 4 is 29.7 Å². The van der Waals surface area contributed by atoms with Gasteiger partial charge in [0.2, 0.25) is 17.7 Å². The zero-order valence-electron chi connectivity index (χ0n) is 20.5. The van der Waals surface area contributed by atoms with Crippen molar-refractivity contribution in [2.24, 2.45) is 17.4 Å². The van der Waals surface area contributed by atoms with Crippen LogP contribution in [0.2, 0.25) is 0 Å². The Bertz CT molecular complexity index is 878. The molecule has 0 aromatic carbocycles. The maximum atomic E-state index is 13.1. The molecule has 0 saturated heterocycles. The number of carbonyl (C=O) groups is 5. The van der Waals surface area contributed by atoms with E-state index in [9.17, 15) is 34.2 Å². The van der Waals surface area contributed by atoms with E-state index in [0.29, 0.717) is 31.5 Å². The van der Waals surface area contributed by atoms with Crippen LogP contribution in [-0.4, -0.2) is 80.6 Å². The maximum absolute atomic E-state index is 13.1. The predicted octanol–water partition coefficient (Wildman–Crippen LogP) is -1.53. The van der Waals surface area contributed by atoms with Crippen molar-refractivity contribution < 1.29 is 34.2 Å². The van der Waals surface area contributed by atoms with E-state index in [1.54, 1.807) is 13.8 Å². The number of aromatic amines is 1. The van der Waals surface area contributed by atoms with Gasteiger partial charge in [0, 0.05) is 18.3 Å². The normalized spacial score (nSPS) is 15.1. The molecule has 5 unspecified atom stereocenters. The first kappa shape index (κ1) is 30.5.